The average Bonchev–Trinajstić information content (AvgIpc) is 3.04. The van der Waals surface area contributed by atoms with Gasteiger partial charge in [0.25, 0.3) is 5.91 Å². The molecule has 3 unspecified atom stereocenters. The van der Waals surface area contributed by atoms with Crippen molar-refractivity contribution in [3.8, 4) is 0 Å². The van der Waals surface area contributed by atoms with E-state index in [1.165, 1.54) is 6.08 Å². The summed E-state index contributed by atoms with van der Waals surface area (Å²) in [5.74, 6) is -2.87. The molecule has 0 aliphatic rings. The lowest BCUT2D eigenvalue weighted by atomic mass is 9.98. The molecule has 3 aromatic rings. The highest BCUT2D eigenvalue weighted by Crippen LogP contribution is 2.19. The fraction of sp³-hybridized carbons (Fsp3) is 0.333. The number of benzene rings is 3. The number of rotatable bonds is 19. The Morgan fingerprint density at radius 2 is 1.58 bits per heavy atom. The number of ether oxygens (including phenoxy) is 1. The molecule has 0 aliphatic carbocycles. The highest BCUT2D eigenvalue weighted by atomic mass is 16.5. The summed E-state index contributed by atoms with van der Waals surface area (Å²) in [5, 5.41) is 20.0. The van der Waals surface area contributed by atoms with E-state index in [0.717, 1.165) is 29.2 Å². The molecule has 0 aliphatic heterocycles. The number of unbranched alkanes of at least 4 members (excludes halogenated alkanes) is 2. The number of nitrogens with one attached hydrogen (secondary N) is 3. The number of esters is 1. The number of carbonyl (C=O) groups excluding carboxylic acids is 4. The molecule has 3 atom stereocenters. The molecule has 238 valence electrons. The SMILES string of the molecule is C=CCCCCC(=O)OCC(NC(=O)C(CC=C)CC(=O)NC(CO)Cc1ccccc1)C(=O)Nc1ccc2ccccc2c1. The zero-order chi connectivity index (χ0) is 32.4. The van der Waals surface area contributed by atoms with Crippen LogP contribution in [0.5, 0.6) is 0 Å². The molecule has 9 nitrogen and oxygen atoms in total. The zero-order valence-electron chi connectivity index (χ0n) is 25.6. The molecule has 0 saturated heterocycles. The maximum absolute atomic E-state index is 13.4. The van der Waals surface area contributed by atoms with Crippen molar-refractivity contribution in [3.05, 3.63) is 104 Å². The van der Waals surface area contributed by atoms with Gasteiger partial charge in [-0.2, -0.15) is 0 Å². The Labute approximate surface area is 264 Å². The van der Waals surface area contributed by atoms with E-state index in [9.17, 15) is 24.3 Å². The van der Waals surface area contributed by atoms with Crippen LogP contribution in [0.1, 0.15) is 44.1 Å². The number of hydrogen-bond donors (Lipinski definition) is 4. The minimum Gasteiger partial charge on any atom is -0.463 e. The summed E-state index contributed by atoms with van der Waals surface area (Å²) in [5.41, 5.74) is 1.47. The van der Waals surface area contributed by atoms with Crippen molar-refractivity contribution in [2.75, 3.05) is 18.5 Å². The van der Waals surface area contributed by atoms with Gasteiger partial charge in [0.2, 0.25) is 11.8 Å². The lowest BCUT2D eigenvalue weighted by molar-refractivity contribution is -0.146. The van der Waals surface area contributed by atoms with Gasteiger partial charge in [0.1, 0.15) is 12.6 Å². The van der Waals surface area contributed by atoms with Gasteiger partial charge in [-0.3, -0.25) is 19.2 Å². The van der Waals surface area contributed by atoms with E-state index in [1.54, 1.807) is 12.1 Å². The third-order valence-corrected chi connectivity index (χ3v) is 7.26. The molecular weight excluding hydrogens is 570 g/mol. The highest BCUT2D eigenvalue weighted by Gasteiger charge is 2.28. The molecule has 3 aromatic carbocycles. The van der Waals surface area contributed by atoms with Crippen LogP contribution in [0.2, 0.25) is 0 Å². The van der Waals surface area contributed by atoms with E-state index in [0.29, 0.717) is 18.5 Å². The Balaban J connectivity index is 1.68. The van der Waals surface area contributed by atoms with E-state index in [-0.39, 0.29) is 32.5 Å². The molecule has 0 bridgehead atoms. The number of anilines is 1. The first-order chi connectivity index (χ1) is 21.8. The Kier molecular flexibility index (Phi) is 14.5. The molecule has 0 heterocycles. The summed E-state index contributed by atoms with van der Waals surface area (Å²) in [6, 6.07) is 20.8. The quantitative estimate of drug-likeness (QED) is 0.0868. The minimum atomic E-state index is -1.21. The molecule has 9 heteroatoms. The molecule has 0 aromatic heterocycles. The van der Waals surface area contributed by atoms with Crippen LogP contribution >= 0.6 is 0 Å². The van der Waals surface area contributed by atoms with Crippen LogP contribution < -0.4 is 16.0 Å². The fourth-order valence-electron chi connectivity index (χ4n) is 4.83. The van der Waals surface area contributed by atoms with Crippen molar-refractivity contribution >= 4 is 40.2 Å². The van der Waals surface area contributed by atoms with Crippen LogP contribution in [0.4, 0.5) is 5.69 Å². The van der Waals surface area contributed by atoms with Gasteiger partial charge in [-0.15, -0.1) is 13.2 Å². The van der Waals surface area contributed by atoms with Gasteiger partial charge < -0.3 is 25.8 Å². The van der Waals surface area contributed by atoms with Crippen LogP contribution in [0.15, 0.2) is 98.1 Å². The van der Waals surface area contributed by atoms with Crippen molar-refractivity contribution < 1.29 is 29.0 Å². The Morgan fingerprint density at radius 1 is 0.844 bits per heavy atom. The number of amides is 3. The lowest BCUT2D eigenvalue weighted by Gasteiger charge is -2.23. The van der Waals surface area contributed by atoms with E-state index < -0.39 is 41.7 Å². The molecule has 0 spiro atoms. The maximum Gasteiger partial charge on any atom is 0.305 e. The van der Waals surface area contributed by atoms with Gasteiger partial charge in [-0.1, -0.05) is 72.8 Å². The summed E-state index contributed by atoms with van der Waals surface area (Å²) in [6.45, 7) is 6.74. The van der Waals surface area contributed by atoms with Crippen LogP contribution in [0, 0.1) is 5.92 Å². The van der Waals surface area contributed by atoms with Crippen molar-refractivity contribution in [2.24, 2.45) is 5.92 Å². The molecule has 0 radical (unpaired) electrons. The average molecular weight is 614 g/mol. The Bertz CT molecular complexity index is 1440. The summed E-state index contributed by atoms with van der Waals surface area (Å²) in [6.07, 6.45) is 6.07. The first-order valence-electron chi connectivity index (χ1n) is 15.2. The van der Waals surface area contributed by atoms with Crippen LogP contribution in [0.25, 0.3) is 10.8 Å². The third-order valence-electron chi connectivity index (χ3n) is 7.26. The molecular formula is C36H43N3O6. The summed E-state index contributed by atoms with van der Waals surface area (Å²) < 4.78 is 5.39. The molecule has 4 N–H and O–H groups in total. The largest absolute Gasteiger partial charge is 0.463 e. The topological polar surface area (TPSA) is 134 Å². The lowest BCUT2D eigenvalue weighted by Crippen LogP contribution is -2.49. The maximum atomic E-state index is 13.4. The molecule has 0 fully saturated rings. The second kappa shape index (κ2) is 18.8. The zero-order valence-corrected chi connectivity index (χ0v) is 25.6. The highest BCUT2D eigenvalue weighted by molar-refractivity contribution is 5.99. The number of fused-ring (bicyclic) bond motifs is 1. The summed E-state index contributed by atoms with van der Waals surface area (Å²) in [4.78, 5) is 52.1. The number of hydrogen-bond acceptors (Lipinski definition) is 6. The van der Waals surface area contributed by atoms with E-state index in [4.69, 9.17) is 4.74 Å². The normalized spacial score (nSPS) is 12.7. The smallest absolute Gasteiger partial charge is 0.305 e. The fourth-order valence-corrected chi connectivity index (χ4v) is 4.83. The second-order valence-corrected chi connectivity index (χ2v) is 10.9. The first kappa shape index (κ1) is 34.7. The first-order valence-corrected chi connectivity index (χ1v) is 15.2. The van der Waals surface area contributed by atoms with Crippen LogP contribution in [-0.2, 0) is 30.3 Å². The molecule has 3 rings (SSSR count). The van der Waals surface area contributed by atoms with Crippen molar-refractivity contribution in [1.82, 2.24) is 10.6 Å². The summed E-state index contributed by atoms with van der Waals surface area (Å²) in [7, 11) is 0. The van der Waals surface area contributed by atoms with Crippen LogP contribution in [-0.4, -0.2) is 54.1 Å². The van der Waals surface area contributed by atoms with Gasteiger partial charge in [0, 0.05) is 18.5 Å². The van der Waals surface area contributed by atoms with Gasteiger partial charge >= 0.3 is 5.97 Å². The predicted octanol–water partition coefficient (Wildman–Crippen LogP) is 4.85. The Morgan fingerprint density at radius 3 is 2.29 bits per heavy atom. The van der Waals surface area contributed by atoms with Crippen molar-refractivity contribution in [3.63, 3.8) is 0 Å². The number of aliphatic hydroxyl groups is 1. The van der Waals surface area contributed by atoms with Crippen LogP contribution in [0.3, 0.4) is 0 Å². The van der Waals surface area contributed by atoms with Gasteiger partial charge in [-0.05, 0) is 60.6 Å². The van der Waals surface area contributed by atoms with Gasteiger partial charge in [0.05, 0.1) is 18.6 Å². The van der Waals surface area contributed by atoms with E-state index in [2.05, 4.69) is 29.1 Å². The summed E-state index contributed by atoms with van der Waals surface area (Å²) >= 11 is 0. The molecule has 0 saturated carbocycles. The molecule has 3 amide bonds. The van der Waals surface area contributed by atoms with Gasteiger partial charge in [0.15, 0.2) is 0 Å². The number of carbonyl (C=O) groups is 4. The standard InChI is InChI=1S/C36H43N3O6/c1-3-5-6-10-18-34(42)45-25-32(36(44)38-30-20-19-27-16-11-12-17-28(27)22-30)39-35(43)29(13-4-2)23-33(41)37-31(24-40)21-26-14-8-7-9-15-26/h3-4,7-9,11-12,14-17,19-20,22,29,31-32,40H,1-2,5-6,10,13,18,21,23-25H2,(H,37,41)(H,38,44)(H,39,43). The second-order valence-electron chi connectivity index (χ2n) is 10.9. The third kappa shape index (κ3) is 12.0. The minimum absolute atomic E-state index is 0.170. The van der Waals surface area contributed by atoms with E-state index in [1.807, 2.05) is 66.7 Å². The number of aliphatic hydroxyl groups excluding tert-OH is 1. The number of allylic oxidation sites excluding steroid dienone is 2. The van der Waals surface area contributed by atoms with E-state index >= 15 is 0 Å². The Hall–Kier alpha value is -4.76. The molecule has 45 heavy (non-hydrogen) atoms. The van der Waals surface area contributed by atoms with Crippen molar-refractivity contribution in [1.29, 1.82) is 0 Å². The monoisotopic (exact) mass is 613 g/mol. The van der Waals surface area contributed by atoms with Gasteiger partial charge in [-0.25, -0.2) is 0 Å². The van der Waals surface area contributed by atoms with Crippen molar-refractivity contribution in [2.45, 2.75) is 57.0 Å². The predicted molar refractivity (Wildman–Crippen MR) is 176 cm³/mol.